The predicted molar refractivity (Wildman–Crippen MR) is 42.8 cm³/mol. The summed E-state index contributed by atoms with van der Waals surface area (Å²) in [7, 11) is 0. The van der Waals surface area contributed by atoms with E-state index in [2.05, 4.69) is 10.1 Å². The maximum atomic E-state index is 10.3. The molecule has 4 heteroatoms. The van der Waals surface area contributed by atoms with Crippen molar-refractivity contribution < 1.29 is 4.79 Å². The molecule has 0 aliphatic carbocycles. The zero-order valence-corrected chi connectivity index (χ0v) is 6.34. The number of hydrogen-bond donors (Lipinski definition) is 0. The van der Waals surface area contributed by atoms with Crippen LogP contribution in [0.3, 0.4) is 0 Å². The molecular weight excluding hydrogens is 154 g/mol. The first-order valence-electron chi connectivity index (χ1n) is 3.62. The number of carbonyl (C=O) groups excluding carboxylic acids is 1. The molecule has 60 valence electrons. The van der Waals surface area contributed by atoms with Gasteiger partial charge in [-0.2, -0.15) is 5.10 Å². The summed E-state index contributed by atoms with van der Waals surface area (Å²) < 4.78 is 1.65. The SMILES string of the molecule is O=CCc1cccn2ncnc12. The highest BCUT2D eigenvalue weighted by Crippen LogP contribution is 2.05. The van der Waals surface area contributed by atoms with Crippen LogP contribution < -0.4 is 0 Å². The van der Waals surface area contributed by atoms with E-state index >= 15 is 0 Å². The molecular formula is C8H7N3O. The molecule has 0 aliphatic heterocycles. The second-order valence-electron chi connectivity index (χ2n) is 2.43. The second-order valence-corrected chi connectivity index (χ2v) is 2.43. The van der Waals surface area contributed by atoms with Crippen molar-refractivity contribution in [3.05, 3.63) is 30.2 Å². The first kappa shape index (κ1) is 6.97. The zero-order chi connectivity index (χ0) is 8.39. The summed E-state index contributed by atoms with van der Waals surface area (Å²) >= 11 is 0. The Morgan fingerprint density at radius 3 is 3.33 bits per heavy atom. The molecule has 2 aromatic rings. The molecule has 0 bridgehead atoms. The Morgan fingerprint density at radius 1 is 1.58 bits per heavy atom. The molecule has 0 fully saturated rings. The van der Waals surface area contributed by atoms with Crippen molar-refractivity contribution >= 4 is 11.9 Å². The molecule has 0 aliphatic rings. The summed E-state index contributed by atoms with van der Waals surface area (Å²) in [5.74, 6) is 0. The third-order valence-corrected chi connectivity index (χ3v) is 1.69. The van der Waals surface area contributed by atoms with Gasteiger partial charge in [0.15, 0.2) is 5.65 Å². The molecule has 0 unspecified atom stereocenters. The Bertz CT molecular complexity index is 407. The van der Waals surface area contributed by atoms with Crippen LogP contribution in [0.25, 0.3) is 5.65 Å². The van der Waals surface area contributed by atoms with Crippen LogP contribution in [0.1, 0.15) is 5.56 Å². The number of rotatable bonds is 2. The average Bonchev–Trinajstić information content (AvgIpc) is 2.53. The summed E-state index contributed by atoms with van der Waals surface area (Å²) in [6.07, 6.45) is 4.54. The molecule has 2 heterocycles. The van der Waals surface area contributed by atoms with Gasteiger partial charge < -0.3 is 4.79 Å². The number of fused-ring (bicyclic) bond motifs is 1. The fraction of sp³-hybridized carbons (Fsp3) is 0.125. The van der Waals surface area contributed by atoms with E-state index < -0.39 is 0 Å². The van der Waals surface area contributed by atoms with Crippen molar-refractivity contribution in [2.24, 2.45) is 0 Å². The summed E-state index contributed by atoms with van der Waals surface area (Å²) in [5.41, 5.74) is 1.66. The number of hydrogen-bond acceptors (Lipinski definition) is 3. The lowest BCUT2D eigenvalue weighted by atomic mass is 10.2. The molecule has 12 heavy (non-hydrogen) atoms. The van der Waals surface area contributed by atoms with Crippen LogP contribution in [0.15, 0.2) is 24.7 Å². The number of carbonyl (C=O) groups is 1. The second kappa shape index (κ2) is 2.73. The largest absolute Gasteiger partial charge is 0.303 e. The first-order chi connectivity index (χ1) is 5.92. The Labute approximate surface area is 68.8 Å². The molecule has 0 saturated carbocycles. The standard InChI is InChI=1S/C8H7N3O/c12-5-3-7-2-1-4-11-8(7)9-6-10-11/h1-2,4-6H,3H2. The molecule has 0 atom stereocenters. The Kier molecular flexibility index (Phi) is 1.59. The Balaban J connectivity index is 2.65. The molecule has 0 radical (unpaired) electrons. The van der Waals surface area contributed by atoms with Crippen LogP contribution in [0.2, 0.25) is 0 Å². The molecule has 0 spiro atoms. The summed E-state index contributed by atoms with van der Waals surface area (Å²) in [6.45, 7) is 0. The molecule has 4 nitrogen and oxygen atoms in total. The fourth-order valence-corrected chi connectivity index (χ4v) is 1.15. The van der Waals surface area contributed by atoms with Gasteiger partial charge in [0.05, 0.1) is 0 Å². The zero-order valence-electron chi connectivity index (χ0n) is 6.34. The number of nitrogens with zero attached hydrogens (tertiary/aromatic N) is 3. The molecule has 0 aromatic carbocycles. The van der Waals surface area contributed by atoms with Crippen molar-refractivity contribution in [1.29, 1.82) is 0 Å². The van der Waals surface area contributed by atoms with Crippen LogP contribution in [0, 0.1) is 0 Å². The van der Waals surface area contributed by atoms with Gasteiger partial charge in [0.1, 0.15) is 12.6 Å². The minimum Gasteiger partial charge on any atom is -0.303 e. The first-order valence-corrected chi connectivity index (χ1v) is 3.62. The van der Waals surface area contributed by atoms with E-state index in [1.165, 1.54) is 6.33 Å². The van der Waals surface area contributed by atoms with Gasteiger partial charge in [0.25, 0.3) is 0 Å². The Hall–Kier alpha value is -1.71. The van der Waals surface area contributed by atoms with Crippen molar-refractivity contribution in [1.82, 2.24) is 14.6 Å². The highest BCUT2D eigenvalue weighted by atomic mass is 16.1. The van der Waals surface area contributed by atoms with E-state index in [1.54, 1.807) is 10.7 Å². The lowest BCUT2D eigenvalue weighted by Crippen LogP contribution is -1.93. The minimum absolute atomic E-state index is 0.392. The third kappa shape index (κ3) is 0.972. The monoisotopic (exact) mass is 161 g/mol. The average molecular weight is 161 g/mol. The van der Waals surface area contributed by atoms with Crippen LogP contribution in [-0.4, -0.2) is 20.9 Å². The highest BCUT2D eigenvalue weighted by Gasteiger charge is 2.00. The van der Waals surface area contributed by atoms with Crippen molar-refractivity contribution in [3.8, 4) is 0 Å². The number of aromatic nitrogens is 3. The normalized spacial score (nSPS) is 10.3. The maximum Gasteiger partial charge on any atom is 0.158 e. The van der Waals surface area contributed by atoms with E-state index in [0.717, 1.165) is 17.5 Å². The molecule has 2 aromatic heterocycles. The van der Waals surface area contributed by atoms with Gasteiger partial charge in [-0.25, -0.2) is 9.50 Å². The van der Waals surface area contributed by atoms with Crippen molar-refractivity contribution in [2.45, 2.75) is 6.42 Å². The van der Waals surface area contributed by atoms with Crippen molar-refractivity contribution in [3.63, 3.8) is 0 Å². The van der Waals surface area contributed by atoms with E-state index in [9.17, 15) is 4.79 Å². The number of aldehydes is 1. The quantitative estimate of drug-likeness (QED) is 0.601. The molecule has 2 rings (SSSR count). The predicted octanol–water partition coefficient (Wildman–Crippen LogP) is 0.471. The third-order valence-electron chi connectivity index (χ3n) is 1.69. The van der Waals surface area contributed by atoms with Gasteiger partial charge in [0, 0.05) is 18.2 Å². The Morgan fingerprint density at radius 2 is 2.50 bits per heavy atom. The van der Waals surface area contributed by atoms with E-state index in [4.69, 9.17) is 0 Å². The van der Waals surface area contributed by atoms with Gasteiger partial charge in [-0.3, -0.25) is 0 Å². The molecule has 0 saturated heterocycles. The summed E-state index contributed by atoms with van der Waals surface area (Å²) in [5, 5.41) is 3.95. The van der Waals surface area contributed by atoms with E-state index in [-0.39, 0.29) is 0 Å². The summed E-state index contributed by atoms with van der Waals surface area (Å²) in [6, 6.07) is 3.72. The van der Waals surface area contributed by atoms with Gasteiger partial charge >= 0.3 is 0 Å². The summed E-state index contributed by atoms with van der Waals surface area (Å²) in [4.78, 5) is 14.3. The highest BCUT2D eigenvalue weighted by molar-refractivity contribution is 5.61. The lowest BCUT2D eigenvalue weighted by Gasteiger charge is -1.95. The van der Waals surface area contributed by atoms with Crippen LogP contribution >= 0.6 is 0 Å². The molecule has 0 amide bonds. The fourth-order valence-electron chi connectivity index (χ4n) is 1.15. The lowest BCUT2D eigenvalue weighted by molar-refractivity contribution is -0.107. The maximum absolute atomic E-state index is 10.3. The minimum atomic E-state index is 0.392. The topological polar surface area (TPSA) is 47.3 Å². The van der Waals surface area contributed by atoms with Gasteiger partial charge in [0.2, 0.25) is 0 Å². The van der Waals surface area contributed by atoms with E-state index in [0.29, 0.717) is 6.42 Å². The van der Waals surface area contributed by atoms with Gasteiger partial charge in [-0.05, 0) is 6.07 Å². The van der Waals surface area contributed by atoms with Crippen LogP contribution in [0.4, 0.5) is 0 Å². The number of pyridine rings is 1. The van der Waals surface area contributed by atoms with E-state index in [1.807, 2.05) is 12.1 Å². The van der Waals surface area contributed by atoms with Gasteiger partial charge in [-0.1, -0.05) is 6.07 Å². The van der Waals surface area contributed by atoms with Crippen LogP contribution in [0.5, 0.6) is 0 Å². The molecule has 0 N–H and O–H groups in total. The van der Waals surface area contributed by atoms with Crippen LogP contribution in [-0.2, 0) is 11.2 Å². The smallest absolute Gasteiger partial charge is 0.158 e. The van der Waals surface area contributed by atoms with Crippen molar-refractivity contribution in [2.75, 3.05) is 0 Å². The van der Waals surface area contributed by atoms with Gasteiger partial charge in [-0.15, -0.1) is 0 Å².